The van der Waals surface area contributed by atoms with Crippen LogP contribution in [0.3, 0.4) is 0 Å². The predicted octanol–water partition coefficient (Wildman–Crippen LogP) is 6.49. The van der Waals surface area contributed by atoms with Crippen molar-refractivity contribution in [2.24, 2.45) is 5.41 Å². The Morgan fingerprint density at radius 3 is 2.48 bits per heavy atom. The highest BCUT2D eigenvalue weighted by Crippen LogP contribution is 2.66. The van der Waals surface area contributed by atoms with Gasteiger partial charge in [-0.05, 0) is 99.2 Å². The molecule has 10 heteroatoms. The van der Waals surface area contributed by atoms with Crippen LogP contribution in [0.15, 0.2) is 36.4 Å². The SMILES string of the molecule is CCC(C)S(=O)(=O)NC(=O)c1ccc2c(C3CCCCC3)c3n(c2c1)CC1(C(=O)N2C4CCCC2COC4)CC1c1cc(OC)ccc1-3. The molecule has 8 rings (SSSR count). The first-order chi connectivity index (χ1) is 23.2. The van der Waals surface area contributed by atoms with Gasteiger partial charge in [0.15, 0.2) is 0 Å². The second-order valence-electron chi connectivity index (χ2n) is 15.0. The molecule has 0 spiro atoms. The van der Waals surface area contributed by atoms with E-state index in [0.717, 1.165) is 72.0 Å². The Labute approximate surface area is 283 Å². The van der Waals surface area contributed by atoms with E-state index in [0.29, 0.717) is 37.7 Å². The second-order valence-corrected chi connectivity index (χ2v) is 17.1. The van der Waals surface area contributed by atoms with Crippen molar-refractivity contribution < 1.29 is 27.5 Å². The van der Waals surface area contributed by atoms with Crippen LogP contribution in [0.25, 0.3) is 22.2 Å². The van der Waals surface area contributed by atoms with Gasteiger partial charge in [0.2, 0.25) is 15.9 Å². The van der Waals surface area contributed by atoms with Crippen molar-refractivity contribution in [3.05, 3.63) is 53.1 Å². The number of nitrogens with one attached hydrogen (secondary N) is 1. The van der Waals surface area contributed by atoms with E-state index in [-0.39, 0.29) is 23.9 Å². The zero-order valence-electron chi connectivity index (χ0n) is 28.3. The lowest BCUT2D eigenvalue weighted by molar-refractivity contribution is -0.157. The molecule has 5 aliphatic rings. The Kier molecular flexibility index (Phi) is 7.90. The van der Waals surface area contributed by atoms with Crippen molar-refractivity contribution in [3.8, 4) is 17.0 Å². The molecule has 2 aliphatic carbocycles. The molecule has 2 saturated carbocycles. The minimum absolute atomic E-state index is 0.0555. The molecule has 9 nitrogen and oxygen atoms in total. The lowest BCUT2D eigenvalue weighted by Gasteiger charge is -2.47. The summed E-state index contributed by atoms with van der Waals surface area (Å²) in [6.45, 7) is 5.10. The fraction of sp³-hybridized carbons (Fsp3) is 0.579. The number of methoxy groups -OCH3 is 1. The largest absolute Gasteiger partial charge is 0.497 e. The quantitative estimate of drug-likeness (QED) is 0.307. The van der Waals surface area contributed by atoms with E-state index in [2.05, 4.69) is 26.3 Å². The van der Waals surface area contributed by atoms with Gasteiger partial charge in [-0.3, -0.25) is 9.59 Å². The van der Waals surface area contributed by atoms with Crippen LogP contribution in [0.5, 0.6) is 5.75 Å². The van der Waals surface area contributed by atoms with Gasteiger partial charge in [-0.1, -0.05) is 32.3 Å². The van der Waals surface area contributed by atoms with Crippen LogP contribution >= 0.6 is 0 Å². The molecule has 2 aromatic carbocycles. The Morgan fingerprint density at radius 2 is 1.77 bits per heavy atom. The molecular weight excluding hydrogens is 627 g/mol. The number of fused-ring (bicyclic) bond motifs is 9. The highest BCUT2D eigenvalue weighted by molar-refractivity contribution is 7.90. The maximum Gasteiger partial charge on any atom is 0.264 e. The van der Waals surface area contributed by atoms with Crippen LogP contribution in [0.4, 0.5) is 0 Å². The van der Waals surface area contributed by atoms with E-state index in [9.17, 15) is 13.2 Å². The molecule has 3 aliphatic heterocycles. The highest BCUT2D eigenvalue weighted by Gasteiger charge is 2.65. The van der Waals surface area contributed by atoms with Gasteiger partial charge in [0.25, 0.3) is 5.91 Å². The summed E-state index contributed by atoms with van der Waals surface area (Å²) in [6, 6.07) is 12.2. The molecule has 3 aromatic rings. The van der Waals surface area contributed by atoms with Crippen molar-refractivity contribution in [1.82, 2.24) is 14.2 Å². The van der Waals surface area contributed by atoms with E-state index >= 15 is 4.79 Å². The number of sulfonamides is 1. The van der Waals surface area contributed by atoms with Crippen LogP contribution in [0.1, 0.15) is 111 Å². The molecular formula is C38H47N3O6S. The molecule has 1 aromatic heterocycles. The number of amides is 2. The van der Waals surface area contributed by atoms with Crippen molar-refractivity contribution in [2.75, 3.05) is 20.3 Å². The zero-order valence-corrected chi connectivity index (χ0v) is 29.1. The molecule has 1 N–H and O–H groups in total. The Balaban J connectivity index is 1.32. The molecule has 2 bridgehead atoms. The van der Waals surface area contributed by atoms with Crippen molar-refractivity contribution in [2.45, 2.75) is 114 Å². The summed E-state index contributed by atoms with van der Waals surface area (Å²) >= 11 is 0. The number of nitrogens with zero attached hydrogens (tertiary/aromatic N) is 2. The first-order valence-electron chi connectivity index (χ1n) is 18.0. The monoisotopic (exact) mass is 673 g/mol. The standard InChI is InChI=1S/C38H47N3O6S/c1-4-23(2)48(44,45)39-36(42)25-13-15-30-33(17-25)40-22-38(37(43)41-26-11-8-12-27(41)21-47-20-26)19-32(38)31-18-28(46-3)14-16-29(31)35(40)34(30)24-9-6-5-7-10-24/h13-18,23-24,26-27,32H,4-12,19-22H2,1-3H3,(H,39,42). The van der Waals surface area contributed by atoms with Gasteiger partial charge in [0.1, 0.15) is 5.75 Å². The van der Waals surface area contributed by atoms with Crippen LogP contribution in [0.2, 0.25) is 0 Å². The smallest absolute Gasteiger partial charge is 0.264 e. The number of ether oxygens (including phenoxy) is 2. The van der Waals surface area contributed by atoms with E-state index in [4.69, 9.17) is 9.47 Å². The number of carbonyl (C=O) groups is 2. The number of benzene rings is 2. The number of aromatic nitrogens is 1. The van der Waals surface area contributed by atoms with E-state index < -0.39 is 26.6 Å². The number of morpholine rings is 1. The number of hydrogen-bond donors (Lipinski definition) is 1. The average Bonchev–Trinajstić information content (AvgIpc) is 3.76. The summed E-state index contributed by atoms with van der Waals surface area (Å²) in [5, 5.41) is 0.406. The summed E-state index contributed by atoms with van der Waals surface area (Å²) in [5.74, 6) is 0.803. The summed E-state index contributed by atoms with van der Waals surface area (Å²) in [7, 11) is -2.12. The lowest BCUT2D eigenvalue weighted by Crippen LogP contribution is -2.59. The van der Waals surface area contributed by atoms with Gasteiger partial charge >= 0.3 is 0 Å². The van der Waals surface area contributed by atoms with Gasteiger partial charge in [-0.15, -0.1) is 0 Å². The van der Waals surface area contributed by atoms with Crippen molar-refractivity contribution in [1.29, 1.82) is 0 Å². The molecule has 5 unspecified atom stereocenters. The fourth-order valence-corrected chi connectivity index (χ4v) is 10.4. The third-order valence-corrected chi connectivity index (χ3v) is 14.1. The second kappa shape index (κ2) is 11.9. The van der Waals surface area contributed by atoms with Crippen molar-refractivity contribution in [3.63, 3.8) is 0 Å². The topological polar surface area (TPSA) is 107 Å². The third-order valence-electron chi connectivity index (χ3n) is 12.3. The third kappa shape index (κ3) is 4.99. The van der Waals surface area contributed by atoms with Crippen molar-refractivity contribution >= 4 is 32.7 Å². The average molecular weight is 674 g/mol. The number of carbonyl (C=O) groups excluding carboxylic acids is 2. The van der Waals surface area contributed by atoms with Crippen LogP contribution in [0, 0.1) is 5.41 Å². The predicted molar refractivity (Wildman–Crippen MR) is 185 cm³/mol. The van der Waals surface area contributed by atoms with Crippen LogP contribution in [-0.4, -0.2) is 67.4 Å². The highest BCUT2D eigenvalue weighted by atomic mass is 32.2. The van der Waals surface area contributed by atoms with E-state index in [1.165, 1.54) is 24.8 Å². The minimum atomic E-state index is -3.81. The molecule has 4 fully saturated rings. The number of rotatable bonds is 7. The summed E-state index contributed by atoms with van der Waals surface area (Å²) in [6.07, 6.45) is 9.98. The molecule has 0 radical (unpaired) electrons. The van der Waals surface area contributed by atoms with E-state index in [1.807, 2.05) is 18.2 Å². The maximum atomic E-state index is 15.0. The van der Waals surface area contributed by atoms with Gasteiger partial charge in [-0.25, -0.2) is 13.1 Å². The summed E-state index contributed by atoms with van der Waals surface area (Å²) in [4.78, 5) is 30.7. The maximum absolute atomic E-state index is 15.0. The van der Waals surface area contributed by atoms with Gasteiger partial charge < -0.3 is 18.9 Å². The van der Waals surface area contributed by atoms with Crippen LogP contribution in [-0.2, 0) is 26.1 Å². The molecule has 5 atom stereocenters. The summed E-state index contributed by atoms with van der Waals surface area (Å²) in [5.41, 5.74) is 5.31. The first kappa shape index (κ1) is 31.9. The van der Waals surface area contributed by atoms with E-state index in [1.54, 1.807) is 27.0 Å². The Bertz CT molecular complexity index is 1870. The zero-order chi connectivity index (χ0) is 33.4. The molecule has 256 valence electrons. The lowest BCUT2D eigenvalue weighted by atomic mass is 9.81. The normalized spacial score (nSPS) is 27.3. The Hall–Kier alpha value is -3.37. The molecule has 2 amide bonds. The van der Waals surface area contributed by atoms with Crippen LogP contribution < -0.4 is 9.46 Å². The number of hydrogen-bond acceptors (Lipinski definition) is 6. The van der Waals surface area contributed by atoms with Gasteiger partial charge in [0.05, 0.1) is 48.8 Å². The molecule has 2 saturated heterocycles. The first-order valence-corrected chi connectivity index (χ1v) is 19.5. The summed E-state index contributed by atoms with van der Waals surface area (Å²) < 4.78 is 42.1. The number of piperidine rings is 1. The minimum Gasteiger partial charge on any atom is -0.497 e. The molecule has 48 heavy (non-hydrogen) atoms. The molecule has 4 heterocycles. The Morgan fingerprint density at radius 1 is 1.02 bits per heavy atom. The van der Waals surface area contributed by atoms with Gasteiger partial charge in [-0.2, -0.15) is 0 Å². The fourth-order valence-electron chi connectivity index (χ4n) is 9.35. The van der Waals surface area contributed by atoms with Gasteiger partial charge in [0, 0.05) is 34.5 Å².